The Labute approximate surface area is 151 Å². The lowest BCUT2D eigenvalue weighted by molar-refractivity contribution is -0.115. The van der Waals surface area contributed by atoms with E-state index in [2.05, 4.69) is 29.3 Å². The second-order valence-electron chi connectivity index (χ2n) is 5.78. The van der Waals surface area contributed by atoms with Gasteiger partial charge in [0.05, 0.1) is 5.75 Å². The summed E-state index contributed by atoms with van der Waals surface area (Å²) in [7, 11) is 0. The van der Waals surface area contributed by atoms with Gasteiger partial charge in [-0.2, -0.15) is 0 Å². The molecular weight excluding hydrogens is 332 g/mol. The van der Waals surface area contributed by atoms with Crippen LogP contribution in [0.1, 0.15) is 18.1 Å². The molecule has 25 heavy (non-hydrogen) atoms. The van der Waals surface area contributed by atoms with Gasteiger partial charge in [-0.25, -0.2) is 0 Å². The normalized spacial score (nSPS) is 10.8. The zero-order valence-electron chi connectivity index (χ0n) is 14.3. The Morgan fingerprint density at radius 2 is 1.76 bits per heavy atom. The number of carbonyl (C=O) groups excluding carboxylic acids is 1. The van der Waals surface area contributed by atoms with Crippen molar-refractivity contribution in [3.8, 4) is 17.1 Å². The van der Waals surface area contributed by atoms with E-state index in [1.165, 1.54) is 22.9 Å². The average Bonchev–Trinajstić information content (AvgIpc) is 3.04. The van der Waals surface area contributed by atoms with Crippen molar-refractivity contribution in [3.05, 3.63) is 59.7 Å². The third-order valence-corrected chi connectivity index (χ3v) is 4.84. The molecule has 6 heteroatoms. The molecule has 2 aromatic carbocycles. The fraction of sp³-hybridized carbons (Fsp3) is 0.211. The van der Waals surface area contributed by atoms with Gasteiger partial charge in [0.2, 0.25) is 5.91 Å². The minimum atomic E-state index is -0.377. The maximum atomic E-state index is 11.2. The molecule has 0 fully saturated rings. The highest BCUT2D eigenvalue weighted by molar-refractivity contribution is 7.99. The first-order chi connectivity index (χ1) is 12.1. The zero-order valence-corrected chi connectivity index (χ0v) is 15.1. The predicted octanol–water partition coefficient (Wildman–Crippen LogP) is 3.38. The Balaban J connectivity index is 2.08. The van der Waals surface area contributed by atoms with E-state index >= 15 is 0 Å². The van der Waals surface area contributed by atoms with Crippen LogP contribution < -0.4 is 5.73 Å². The van der Waals surface area contributed by atoms with Gasteiger partial charge in [0, 0.05) is 11.3 Å². The van der Waals surface area contributed by atoms with E-state index in [0.717, 1.165) is 23.5 Å². The zero-order chi connectivity index (χ0) is 17.8. The van der Waals surface area contributed by atoms with E-state index < -0.39 is 0 Å². The molecule has 128 valence electrons. The molecule has 0 aliphatic carbocycles. The Kier molecular flexibility index (Phi) is 5.19. The number of hydrogen-bond acceptors (Lipinski definition) is 4. The summed E-state index contributed by atoms with van der Waals surface area (Å²) in [5, 5.41) is 9.28. The van der Waals surface area contributed by atoms with Crippen LogP contribution in [0.3, 0.4) is 0 Å². The van der Waals surface area contributed by atoms with Crippen molar-refractivity contribution in [2.75, 3.05) is 5.75 Å². The largest absolute Gasteiger partial charge is 0.369 e. The highest BCUT2D eigenvalue weighted by Crippen LogP contribution is 2.28. The fourth-order valence-electron chi connectivity index (χ4n) is 2.50. The number of aryl methyl sites for hydroxylation is 2. The molecule has 0 saturated heterocycles. The van der Waals surface area contributed by atoms with Crippen molar-refractivity contribution >= 4 is 17.7 Å². The Hall–Kier alpha value is -2.60. The molecule has 0 atom stereocenters. The minimum absolute atomic E-state index is 0.166. The van der Waals surface area contributed by atoms with Crippen LogP contribution in [0.15, 0.2) is 53.7 Å². The summed E-state index contributed by atoms with van der Waals surface area (Å²) in [6, 6.07) is 16.4. The van der Waals surface area contributed by atoms with Crippen LogP contribution in [0, 0.1) is 6.92 Å². The van der Waals surface area contributed by atoms with E-state index in [-0.39, 0.29) is 11.7 Å². The third-order valence-electron chi connectivity index (χ3n) is 3.89. The van der Waals surface area contributed by atoms with Gasteiger partial charge in [0.15, 0.2) is 11.0 Å². The molecule has 0 radical (unpaired) electrons. The molecule has 0 spiro atoms. The van der Waals surface area contributed by atoms with Crippen molar-refractivity contribution in [2.24, 2.45) is 5.73 Å². The smallest absolute Gasteiger partial charge is 0.227 e. The molecule has 1 amide bonds. The number of nitrogens with zero attached hydrogens (tertiary/aromatic N) is 3. The average molecular weight is 352 g/mol. The highest BCUT2D eigenvalue weighted by Gasteiger charge is 2.16. The molecule has 0 aliphatic heterocycles. The molecule has 1 heterocycles. The quantitative estimate of drug-likeness (QED) is 0.690. The molecule has 5 nitrogen and oxygen atoms in total. The molecule has 3 aromatic rings. The van der Waals surface area contributed by atoms with Gasteiger partial charge in [-0.05, 0) is 31.0 Å². The SMILES string of the molecule is CCc1ccc(-n2c(SCC(N)=O)nnc2-c2ccc(C)cc2)cc1. The second-order valence-corrected chi connectivity index (χ2v) is 6.73. The first-order valence-electron chi connectivity index (χ1n) is 8.11. The number of nitrogens with two attached hydrogens (primary N) is 1. The van der Waals surface area contributed by atoms with Crippen LogP contribution in [0.5, 0.6) is 0 Å². The number of aromatic nitrogens is 3. The summed E-state index contributed by atoms with van der Waals surface area (Å²) in [6.45, 7) is 4.17. The van der Waals surface area contributed by atoms with E-state index in [4.69, 9.17) is 5.73 Å². The number of primary amides is 1. The van der Waals surface area contributed by atoms with Crippen LogP contribution in [-0.4, -0.2) is 26.4 Å². The number of thioether (sulfide) groups is 1. The first-order valence-corrected chi connectivity index (χ1v) is 9.10. The highest BCUT2D eigenvalue weighted by atomic mass is 32.2. The van der Waals surface area contributed by atoms with Gasteiger partial charge < -0.3 is 5.73 Å². The van der Waals surface area contributed by atoms with Crippen LogP contribution in [0.2, 0.25) is 0 Å². The van der Waals surface area contributed by atoms with Crippen LogP contribution in [0.25, 0.3) is 17.1 Å². The van der Waals surface area contributed by atoms with Crippen molar-refractivity contribution in [1.29, 1.82) is 0 Å². The Morgan fingerprint density at radius 3 is 2.36 bits per heavy atom. The molecule has 3 rings (SSSR count). The third kappa shape index (κ3) is 3.91. The molecule has 0 unspecified atom stereocenters. The van der Waals surface area contributed by atoms with Gasteiger partial charge in [-0.3, -0.25) is 9.36 Å². The number of hydrogen-bond donors (Lipinski definition) is 1. The van der Waals surface area contributed by atoms with Crippen LogP contribution in [-0.2, 0) is 11.2 Å². The standard InChI is InChI=1S/C19H20N4OS/c1-3-14-6-10-16(11-7-14)23-18(15-8-4-13(2)5-9-15)21-22-19(23)25-12-17(20)24/h4-11H,3,12H2,1-2H3,(H2,20,24). The summed E-state index contributed by atoms with van der Waals surface area (Å²) >= 11 is 1.29. The lowest BCUT2D eigenvalue weighted by Crippen LogP contribution is -2.13. The fourth-order valence-corrected chi connectivity index (χ4v) is 3.19. The lowest BCUT2D eigenvalue weighted by Gasteiger charge is -2.11. The number of rotatable bonds is 6. The van der Waals surface area contributed by atoms with E-state index in [1.807, 2.05) is 47.9 Å². The molecule has 0 bridgehead atoms. The van der Waals surface area contributed by atoms with Gasteiger partial charge in [0.25, 0.3) is 0 Å². The number of carbonyl (C=O) groups is 1. The summed E-state index contributed by atoms with van der Waals surface area (Å²) in [4.78, 5) is 11.2. The first kappa shape index (κ1) is 17.2. The van der Waals surface area contributed by atoms with Crippen LogP contribution in [0.4, 0.5) is 0 Å². The van der Waals surface area contributed by atoms with Gasteiger partial charge in [0.1, 0.15) is 0 Å². The summed E-state index contributed by atoms with van der Waals surface area (Å²) in [5.74, 6) is 0.535. The van der Waals surface area contributed by atoms with Crippen molar-refractivity contribution in [1.82, 2.24) is 14.8 Å². The van der Waals surface area contributed by atoms with E-state index in [1.54, 1.807) is 0 Å². The number of amides is 1. The van der Waals surface area contributed by atoms with Gasteiger partial charge >= 0.3 is 0 Å². The second kappa shape index (κ2) is 7.53. The van der Waals surface area contributed by atoms with Crippen molar-refractivity contribution in [3.63, 3.8) is 0 Å². The predicted molar refractivity (Wildman–Crippen MR) is 101 cm³/mol. The minimum Gasteiger partial charge on any atom is -0.369 e. The topological polar surface area (TPSA) is 73.8 Å². The van der Waals surface area contributed by atoms with Gasteiger partial charge in [-0.15, -0.1) is 10.2 Å². The molecular formula is C19H20N4OS. The van der Waals surface area contributed by atoms with Crippen molar-refractivity contribution in [2.45, 2.75) is 25.4 Å². The van der Waals surface area contributed by atoms with Crippen molar-refractivity contribution < 1.29 is 4.79 Å². The maximum absolute atomic E-state index is 11.2. The molecule has 0 aliphatic rings. The van der Waals surface area contributed by atoms with Crippen LogP contribution >= 0.6 is 11.8 Å². The maximum Gasteiger partial charge on any atom is 0.227 e. The molecule has 0 saturated carbocycles. The molecule has 1 aromatic heterocycles. The van der Waals surface area contributed by atoms with E-state index in [0.29, 0.717) is 5.16 Å². The Bertz CT molecular complexity index is 869. The van der Waals surface area contributed by atoms with Gasteiger partial charge in [-0.1, -0.05) is 60.6 Å². The number of benzene rings is 2. The Morgan fingerprint density at radius 1 is 1.08 bits per heavy atom. The summed E-state index contributed by atoms with van der Waals surface area (Å²) in [5.41, 5.74) is 9.67. The monoisotopic (exact) mass is 352 g/mol. The van der Waals surface area contributed by atoms with E-state index in [9.17, 15) is 4.79 Å². The molecule has 2 N–H and O–H groups in total. The summed E-state index contributed by atoms with van der Waals surface area (Å²) in [6.07, 6.45) is 0.983. The summed E-state index contributed by atoms with van der Waals surface area (Å²) < 4.78 is 1.97. The lowest BCUT2D eigenvalue weighted by atomic mass is 10.1.